The fourth-order valence-electron chi connectivity index (χ4n) is 4.06. The van der Waals surface area contributed by atoms with E-state index in [9.17, 15) is 0 Å². The second-order valence-electron chi connectivity index (χ2n) is 8.08. The summed E-state index contributed by atoms with van der Waals surface area (Å²) in [6.07, 6.45) is 0.740. The van der Waals surface area contributed by atoms with E-state index in [4.69, 9.17) is 16.6 Å². The molecule has 2 heterocycles. The molecule has 0 unspecified atom stereocenters. The number of nitrogen functional groups attached to an aromatic ring is 2. The Kier molecular flexibility index (Phi) is 6.53. The molecule has 0 saturated carbocycles. The SMILES string of the molecule is CC.Cc1c(N)nc(-n2nc(Cc3c(C)c(C)c(C)c(C)c3C)c3ccccc32)nc1N. The van der Waals surface area contributed by atoms with Gasteiger partial charge in [-0.3, -0.25) is 0 Å². The Labute approximate surface area is 190 Å². The molecule has 4 rings (SSSR count). The lowest BCUT2D eigenvalue weighted by molar-refractivity contribution is 0.810. The van der Waals surface area contributed by atoms with Crippen molar-refractivity contribution in [2.24, 2.45) is 0 Å². The highest BCUT2D eigenvalue weighted by Gasteiger charge is 2.19. The van der Waals surface area contributed by atoms with Crippen molar-refractivity contribution in [3.8, 4) is 5.95 Å². The Morgan fingerprint density at radius 2 is 1.22 bits per heavy atom. The second-order valence-corrected chi connectivity index (χ2v) is 8.08. The van der Waals surface area contributed by atoms with Crippen LogP contribution < -0.4 is 11.5 Å². The number of hydrogen-bond donors (Lipinski definition) is 2. The van der Waals surface area contributed by atoms with Gasteiger partial charge in [-0.25, -0.2) is 0 Å². The van der Waals surface area contributed by atoms with Crippen molar-refractivity contribution in [3.05, 3.63) is 68.9 Å². The number of anilines is 2. The van der Waals surface area contributed by atoms with E-state index in [2.05, 4.69) is 50.7 Å². The summed E-state index contributed by atoms with van der Waals surface area (Å²) in [6.45, 7) is 16.8. The molecule has 0 atom stereocenters. The highest BCUT2D eigenvalue weighted by Crippen LogP contribution is 2.30. The fourth-order valence-corrected chi connectivity index (χ4v) is 4.06. The molecule has 0 aliphatic carbocycles. The minimum atomic E-state index is 0.370. The van der Waals surface area contributed by atoms with Crippen LogP contribution in [0.4, 0.5) is 11.6 Å². The molecule has 4 N–H and O–H groups in total. The number of aromatic nitrogens is 4. The zero-order valence-electron chi connectivity index (χ0n) is 20.5. The number of nitrogens with two attached hydrogens (primary N) is 2. The summed E-state index contributed by atoms with van der Waals surface area (Å²) in [6, 6.07) is 8.13. The number of nitrogens with zero attached hydrogens (tertiary/aromatic N) is 4. The van der Waals surface area contributed by atoms with E-state index in [1.165, 1.54) is 33.4 Å². The summed E-state index contributed by atoms with van der Waals surface area (Å²) in [5.74, 6) is 1.13. The van der Waals surface area contributed by atoms with E-state index in [0.29, 0.717) is 23.1 Å². The van der Waals surface area contributed by atoms with E-state index < -0.39 is 0 Å². The number of para-hydroxylation sites is 1. The van der Waals surface area contributed by atoms with Crippen LogP contribution in [0.25, 0.3) is 16.9 Å². The van der Waals surface area contributed by atoms with E-state index in [0.717, 1.165) is 23.0 Å². The molecule has 0 fully saturated rings. The standard InChI is InChI=1S/C24H28N6.C2H6/c1-12-13(2)15(4)19(16(5)14(12)3)11-20-18-9-7-8-10-21(18)30(29-20)24-27-22(25)17(6)23(26)28-24;1-2/h7-10H,11H2,1-6H3,(H4,25,26,27,28);1-2H3. The predicted molar refractivity (Wildman–Crippen MR) is 135 cm³/mol. The van der Waals surface area contributed by atoms with Crippen molar-refractivity contribution in [2.45, 2.75) is 61.8 Å². The smallest absolute Gasteiger partial charge is 0.255 e. The summed E-state index contributed by atoms with van der Waals surface area (Å²) >= 11 is 0. The third-order valence-corrected chi connectivity index (χ3v) is 6.56. The maximum atomic E-state index is 6.05. The van der Waals surface area contributed by atoms with Crippen molar-refractivity contribution in [1.82, 2.24) is 19.7 Å². The van der Waals surface area contributed by atoms with Gasteiger partial charge >= 0.3 is 0 Å². The first-order valence-electron chi connectivity index (χ1n) is 11.1. The second kappa shape index (κ2) is 8.99. The molecule has 0 spiro atoms. The molecular formula is C26H34N6. The van der Waals surface area contributed by atoms with Gasteiger partial charge in [0, 0.05) is 17.4 Å². The Hall–Kier alpha value is -3.41. The predicted octanol–water partition coefficient (Wildman–Crippen LogP) is 5.45. The van der Waals surface area contributed by atoms with E-state index >= 15 is 0 Å². The molecule has 4 aromatic rings. The average molecular weight is 431 g/mol. The molecular weight excluding hydrogens is 396 g/mol. The Morgan fingerprint density at radius 3 is 1.78 bits per heavy atom. The molecule has 0 radical (unpaired) electrons. The van der Waals surface area contributed by atoms with Crippen LogP contribution in [0.2, 0.25) is 0 Å². The summed E-state index contributed by atoms with van der Waals surface area (Å²) in [5.41, 5.74) is 22.7. The number of hydrogen-bond acceptors (Lipinski definition) is 5. The first-order chi connectivity index (χ1) is 15.2. The highest BCUT2D eigenvalue weighted by atomic mass is 15.4. The molecule has 0 aliphatic rings. The maximum absolute atomic E-state index is 6.05. The largest absolute Gasteiger partial charge is 0.383 e. The highest BCUT2D eigenvalue weighted by molar-refractivity contribution is 5.83. The third-order valence-electron chi connectivity index (χ3n) is 6.56. The van der Waals surface area contributed by atoms with Gasteiger partial charge < -0.3 is 11.5 Å². The van der Waals surface area contributed by atoms with Crippen LogP contribution in [0.1, 0.15) is 58.5 Å². The summed E-state index contributed by atoms with van der Waals surface area (Å²) in [5, 5.41) is 5.99. The van der Waals surface area contributed by atoms with Crippen LogP contribution in [0.5, 0.6) is 0 Å². The molecule has 6 nitrogen and oxygen atoms in total. The van der Waals surface area contributed by atoms with Crippen molar-refractivity contribution in [1.29, 1.82) is 0 Å². The molecule has 168 valence electrons. The monoisotopic (exact) mass is 430 g/mol. The summed E-state index contributed by atoms with van der Waals surface area (Å²) in [7, 11) is 0. The molecule has 0 aliphatic heterocycles. The van der Waals surface area contributed by atoms with Gasteiger partial charge in [0.25, 0.3) is 5.95 Å². The van der Waals surface area contributed by atoms with Gasteiger partial charge in [0.1, 0.15) is 11.6 Å². The topological polar surface area (TPSA) is 95.6 Å². The van der Waals surface area contributed by atoms with Gasteiger partial charge in [-0.1, -0.05) is 32.0 Å². The van der Waals surface area contributed by atoms with Crippen LogP contribution in [-0.2, 0) is 6.42 Å². The Morgan fingerprint density at radius 1 is 0.719 bits per heavy atom. The Bertz CT molecular complexity index is 1250. The molecule has 32 heavy (non-hydrogen) atoms. The lowest BCUT2D eigenvalue weighted by Crippen LogP contribution is -2.10. The van der Waals surface area contributed by atoms with Gasteiger partial charge in [-0.05, 0) is 81.0 Å². The van der Waals surface area contributed by atoms with Gasteiger partial charge in [0.2, 0.25) is 0 Å². The lowest BCUT2D eigenvalue weighted by atomic mass is 9.87. The van der Waals surface area contributed by atoms with Crippen LogP contribution >= 0.6 is 0 Å². The van der Waals surface area contributed by atoms with E-state index in [1.54, 1.807) is 4.68 Å². The summed E-state index contributed by atoms with van der Waals surface area (Å²) < 4.78 is 1.75. The quantitative estimate of drug-likeness (QED) is 0.451. The van der Waals surface area contributed by atoms with Gasteiger partial charge in [0.15, 0.2) is 0 Å². The fraction of sp³-hybridized carbons (Fsp3) is 0.346. The first-order valence-corrected chi connectivity index (χ1v) is 11.1. The zero-order valence-corrected chi connectivity index (χ0v) is 20.5. The van der Waals surface area contributed by atoms with E-state index in [1.807, 2.05) is 39.0 Å². The van der Waals surface area contributed by atoms with Crippen molar-refractivity contribution in [2.75, 3.05) is 11.5 Å². The molecule has 2 aromatic carbocycles. The third kappa shape index (κ3) is 3.81. The molecule has 0 saturated heterocycles. The Balaban J connectivity index is 0.00000141. The van der Waals surface area contributed by atoms with Crippen LogP contribution in [0.3, 0.4) is 0 Å². The molecule has 0 bridgehead atoms. The minimum absolute atomic E-state index is 0.370. The van der Waals surface area contributed by atoms with Gasteiger partial charge in [0.05, 0.1) is 11.2 Å². The average Bonchev–Trinajstić information content (AvgIpc) is 3.17. The normalized spacial score (nSPS) is 10.9. The van der Waals surface area contributed by atoms with Gasteiger partial charge in [-0.2, -0.15) is 19.7 Å². The van der Waals surface area contributed by atoms with Crippen molar-refractivity contribution in [3.63, 3.8) is 0 Å². The number of rotatable bonds is 3. The number of fused-ring (bicyclic) bond motifs is 1. The maximum Gasteiger partial charge on any atom is 0.255 e. The van der Waals surface area contributed by atoms with Crippen molar-refractivity contribution >= 4 is 22.5 Å². The van der Waals surface area contributed by atoms with Crippen LogP contribution in [0, 0.1) is 41.5 Å². The zero-order chi connectivity index (χ0) is 23.7. The van der Waals surface area contributed by atoms with Crippen molar-refractivity contribution < 1.29 is 0 Å². The van der Waals surface area contributed by atoms with Gasteiger partial charge in [-0.15, -0.1) is 0 Å². The lowest BCUT2D eigenvalue weighted by Gasteiger charge is -2.18. The first kappa shape index (κ1) is 23.3. The van der Waals surface area contributed by atoms with Crippen LogP contribution in [0.15, 0.2) is 24.3 Å². The van der Waals surface area contributed by atoms with Crippen LogP contribution in [-0.4, -0.2) is 19.7 Å². The molecule has 2 aromatic heterocycles. The summed E-state index contributed by atoms with van der Waals surface area (Å²) in [4.78, 5) is 8.87. The van der Waals surface area contributed by atoms with E-state index in [-0.39, 0.29) is 0 Å². The number of benzene rings is 2. The molecule has 0 amide bonds. The molecule has 6 heteroatoms. The minimum Gasteiger partial charge on any atom is -0.383 e.